The van der Waals surface area contributed by atoms with Gasteiger partial charge in [0, 0.05) is 24.2 Å². The van der Waals surface area contributed by atoms with Crippen molar-refractivity contribution in [2.75, 3.05) is 12.8 Å². The Balaban J connectivity index is 1.78. The predicted octanol–water partition coefficient (Wildman–Crippen LogP) is 6.45. The number of benzene rings is 2. The minimum absolute atomic E-state index is 0.0203. The first-order valence-electron chi connectivity index (χ1n) is 14.8. The van der Waals surface area contributed by atoms with E-state index in [1.807, 2.05) is 31.2 Å². The number of furan rings is 1. The van der Waals surface area contributed by atoms with E-state index in [4.69, 9.17) is 21.3 Å². The van der Waals surface area contributed by atoms with Crippen LogP contribution in [-0.2, 0) is 27.8 Å². The third-order valence-corrected chi connectivity index (χ3v) is 8.08. The molecule has 0 bridgehead atoms. The molecular weight excluding hydrogens is 608 g/mol. The smallest absolute Gasteiger partial charge is 0.252 e. The summed E-state index contributed by atoms with van der Waals surface area (Å²) in [7, 11) is -3.50. The number of hydrogen-bond donors (Lipinski definition) is 3. The van der Waals surface area contributed by atoms with Gasteiger partial charge in [0.05, 0.1) is 30.0 Å². The summed E-state index contributed by atoms with van der Waals surface area (Å²) in [5.74, 6) is 0.940. The molecule has 1 unspecified atom stereocenters. The van der Waals surface area contributed by atoms with Gasteiger partial charge in [-0.05, 0) is 87.1 Å². The fourth-order valence-electron chi connectivity index (χ4n) is 4.57. The summed E-state index contributed by atoms with van der Waals surface area (Å²) in [5.41, 5.74) is 5.96. The van der Waals surface area contributed by atoms with Crippen molar-refractivity contribution in [3.05, 3.63) is 124 Å². The van der Waals surface area contributed by atoms with Crippen LogP contribution in [-0.4, -0.2) is 33.2 Å². The SMILES string of the molecule is C/C=C\CC/C(=C\C(=C\Cl)C(=O)N[C@@H](CNS(C)(=O)=O)Cc1ccc(C#N)cc1)c1ccc(CNC(C)c2ccc(C)cc2)o1. The number of allylic oxidation sites excluding steroid dienone is 3. The highest BCUT2D eigenvalue weighted by atomic mass is 35.5. The maximum absolute atomic E-state index is 13.5. The van der Waals surface area contributed by atoms with Gasteiger partial charge < -0.3 is 15.1 Å². The lowest BCUT2D eigenvalue weighted by atomic mass is 10.0. The number of nitrogens with zero attached hydrogens (tertiary/aromatic N) is 1. The molecule has 238 valence electrons. The molecule has 2 atom stereocenters. The second-order valence-corrected chi connectivity index (χ2v) is 13.0. The van der Waals surface area contributed by atoms with Crippen molar-refractivity contribution in [1.82, 2.24) is 15.4 Å². The number of nitrogens with one attached hydrogen (secondary N) is 3. The number of hydrogen-bond acceptors (Lipinski definition) is 6. The maximum atomic E-state index is 13.5. The number of aryl methyl sites for hydroxylation is 1. The Hall–Kier alpha value is -3.94. The average molecular weight is 649 g/mol. The third-order valence-electron chi connectivity index (χ3n) is 7.16. The summed E-state index contributed by atoms with van der Waals surface area (Å²) in [6.45, 7) is 6.63. The monoisotopic (exact) mass is 648 g/mol. The van der Waals surface area contributed by atoms with E-state index in [0.29, 0.717) is 30.7 Å². The lowest BCUT2D eigenvalue weighted by Crippen LogP contribution is -2.45. The van der Waals surface area contributed by atoms with Gasteiger partial charge in [-0.25, -0.2) is 13.1 Å². The van der Waals surface area contributed by atoms with E-state index in [1.165, 1.54) is 16.7 Å². The molecule has 3 aromatic rings. The molecule has 0 saturated heterocycles. The van der Waals surface area contributed by atoms with Crippen LogP contribution in [0.15, 0.2) is 94.4 Å². The highest BCUT2D eigenvalue weighted by Crippen LogP contribution is 2.26. The Morgan fingerprint density at radius 1 is 1.09 bits per heavy atom. The topological polar surface area (TPSA) is 124 Å². The van der Waals surface area contributed by atoms with Crippen LogP contribution in [0.5, 0.6) is 0 Å². The van der Waals surface area contributed by atoms with Gasteiger partial charge in [0.15, 0.2) is 0 Å². The molecule has 10 heteroatoms. The van der Waals surface area contributed by atoms with E-state index in [0.717, 1.165) is 29.6 Å². The van der Waals surface area contributed by atoms with Gasteiger partial charge >= 0.3 is 0 Å². The zero-order chi connectivity index (χ0) is 32.8. The fraction of sp³-hybridized carbons (Fsp3) is 0.314. The van der Waals surface area contributed by atoms with Crippen LogP contribution in [0.2, 0.25) is 0 Å². The maximum Gasteiger partial charge on any atom is 0.252 e. The number of nitriles is 1. The van der Waals surface area contributed by atoms with Gasteiger partial charge in [0.1, 0.15) is 11.5 Å². The van der Waals surface area contributed by atoms with Gasteiger partial charge in [-0.3, -0.25) is 4.79 Å². The molecule has 8 nitrogen and oxygen atoms in total. The fourth-order valence-corrected chi connectivity index (χ4v) is 5.24. The van der Waals surface area contributed by atoms with Crippen molar-refractivity contribution in [1.29, 1.82) is 5.26 Å². The quantitative estimate of drug-likeness (QED) is 0.0932. The molecule has 1 amide bonds. The van der Waals surface area contributed by atoms with Crippen molar-refractivity contribution in [2.45, 2.75) is 58.7 Å². The average Bonchev–Trinajstić information content (AvgIpc) is 3.49. The van der Waals surface area contributed by atoms with Crippen LogP contribution in [0, 0.1) is 18.3 Å². The van der Waals surface area contributed by atoms with Crippen molar-refractivity contribution >= 4 is 33.1 Å². The molecule has 3 rings (SSSR count). The lowest BCUT2D eigenvalue weighted by Gasteiger charge is -2.20. The van der Waals surface area contributed by atoms with E-state index in [1.54, 1.807) is 30.3 Å². The Kier molecular flexibility index (Phi) is 13.8. The normalized spacial score (nSPS) is 13.9. The van der Waals surface area contributed by atoms with E-state index >= 15 is 0 Å². The van der Waals surface area contributed by atoms with Crippen molar-refractivity contribution < 1.29 is 17.6 Å². The number of sulfonamides is 1. The van der Waals surface area contributed by atoms with Crippen LogP contribution in [0.25, 0.3) is 5.57 Å². The van der Waals surface area contributed by atoms with Crippen molar-refractivity contribution in [2.24, 2.45) is 0 Å². The van der Waals surface area contributed by atoms with Crippen LogP contribution in [0.4, 0.5) is 0 Å². The molecule has 2 aromatic carbocycles. The first-order chi connectivity index (χ1) is 21.5. The third kappa shape index (κ3) is 12.2. The summed E-state index contributed by atoms with van der Waals surface area (Å²) in [4.78, 5) is 13.5. The summed E-state index contributed by atoms with van der Waals surface area (Å²) >= 11 is 6.18. The molecule has 0 fully saturated rings. The molecule has 0 aliphatic carbocycles. The Bertz CT molecular complexity index is 1650. The molecule has 0 saturated carbocycles. The van der Waals surface area contributed by atoms with Crippen molar-refractivity contribution in [3.8, 4) is 6.07 Å². The number of rotatable bonds is 16. The molecule has 1 aromatic heterocycles. The highest BCUT2D eigenvalue weighted by Gasteiger charge is 2.19. The van der Waals surface area contributed by atoms with Crippen LogP contribution >= 0.6 is 11.6 Å². The van der Waals surface area contributed by atoms with Gasteiger partial charge in [0.25, 0.3) is 5.91 Å². The van der Waals surface area contributed by atoms with Gasteiger partial charge in [-0.2, -0.15) is 5.26 Å². The summed E-state index contributed by atoms with van der Waals surface area (Å²) in [6.07, 6.45) is 8.46. The Morgan fingerprint density at radius 3 is 2.42 bits per heavy atom. The molecule has 45 heavy (non-hydrogen) atoms. The number of halogens is 1. The molecule has 0 aliphatic heterocycles. The summed E-state index contributed by atoms with van der Waals surface area (Å²) in [6, 6.07) is 20.8. The Morgan fingerprint density at radius 2 is 1.80 bits per heavy atom. The molecule has 1 heterocycles. The summed E-state index contributed by atoms with van der Waals surface area (Å²) in [5, 5.41) is 15.5. The number of amides is 1. The minimum atomic E-state index is -3.50. The number of carbonyl (C=O) groups excluding carboxylic acids is 1. The first-order valence-corrected chi connectivity index (χ1v) is 17.1. The van der Waals surface area contributed by atoms with Gasteiger partial charge in [-0.1, -0.05) is 65.7 Å². The molecule has 0 spiro atoms. The molecule has 3 N–H and O–H groups in total. The van der Waals surface area contributed by atoms with E-state index in [-0.39, 0.29) is 18.2 Å². The molecular formula is C35H41ClN4O4S. The van der Waals surface area contributed by atoms with Gasteiger partial charge in [0.2, 0.25) is 10.0 Å². The predicted molar refractivity (Wildman–Crippen MR) is 181 cm³/mol. The van der Waals surface area contributed by atoms with E-state index < -0.39 is 22.0 Å². The Labute approximate surface area is 271 Å². The van der Waals surface area contributed by atoms with Crippen LogP contribution in [0.1, 0.15) is 66.5 Å². The minimum Gasteiger partial charge on any atom is -0.460 e. The standard InChI is InChI=1S/C35H41ClN4O4S/c1-5-6-7-8-30(34-18-17-33(44-34)24-38-26(3)29-15-9-25(2)10-16-29)20-31(21-36)35(41)40-32(23-39-45(4,42)43)19-27-11-13-28(22-37)14-12-27/h5-6,9-18,20-21,26,32,38-39H,7-8,19,23-24H2,1-4H3,(H,40,41)/b6-5-,30-20+,31-21-/t26?,32-/m1/s1. The summed E-state index contributed by atoms with van der Waals surface area (Å²) < 4.78 is 32.3. The van der Waals surface area contributed by atoms with Gasteiger partial charge in [-0.15, -0.1) is 0 Å². The first kappa shape index (κ1) is 35.5. The number of carbonyl (C=O) groups is 1. The highest BCUT2D eigenvalue weighted by molar-refractivity contribution is 7.88. The second kappa shape index (κ2) is 17.5. The zero-order valence-corrected chi connectivity index (χ0v) is 27.7. The van der Waals surface area contributed by atoms with Crippen molar-refractivity contribution in [3.63, 3.8) is 0 Å². The van der Waals surface area contributed by atoms with Crippen LogP contribution < -0.4 is 15.4 Å². The van der Waals surface area contributed by atoms with E-state index in [2.05, 4.69) is 59.5 Å². The largest absolute Gasteiger partial charge is 0.460 e. The second-order valence-electron chi connectivity index (χ2n) is 10.9. The van der Waals surface area contributed by atoms with E-state index in [9.17, 15) is 13.2 Å². The van der Waals surface area contributed by atoms with Crippen LogP contribution in [0.3, 0.4) is 0 Å². The lowest BCUT2D eigenvalue weighted by molar-refractivity contribution is -0.117. The molecule has 0 aliphatic rings. The zero-order valence-electron chi connectivity index (χ0n) is 26.1. The molecule has 0 radical (unpaired) electrons.